The predicted octanol–water partition coefficient (Wildman–Crippen LogP) is 3.82. The lowest BCUT2D eigenvalue weighted by Crippen LogP contribution is -2.41. The molecule has 4 nitrogen and oxygen atoms in total. The molecule has 0 aromatic heterocycles. The molecule has 0 aromatic carbocycles. The highest BCUT2D eigenvalue weighted by Gasteiger charge is 2.37. The van der Waals surface area contributed by atoms with Crippen LogP contribution in [-0.4, -0.2) is 38.7 Å². The van der Waals surface area contributed by atoms with E-state index >= 15 is 0 Å². The summed E-state index contributed by atoms with van der Waals surface area (Å²) in [6.07, 6.45) is 3.30. The Labute approximate surface area is 136 Å². The lowest BCUT2D eigenvalue weighted by molar-refractivity contribution is -0.137. The Kier molecular flexibility index (Phi) is 8.89. The molecule has 0 amide bonds. The Balaban J connectivity index is 4.14. The van der Waals surface area contributed by atoms with E-state index in [0.717, 1.165) is 5.57 Å². The fraction of sp³-hybridized carbons (Fsp3) is 0.706. The van der Waals surface area contributed by atoms with Crippen molar-refractivity contribution in [2.45, 2.75) is 64.8 Å². The van der Waals surface area contributed by atoms with E-state index in [1.54, 1.807) is 13.0 Å². The summed E-state index contributed by atoms with van der Waals surface area (Å²) in [4.78, 5) is 11.1. The number of ether oxygens (including phenoxy) is 1. The molecule has 0 rings (SSSR count). The zero-order valence-corrected chi connectivity index (χ0v) is 15.9. The first-order valence-corrected chi connectivity index (χ1v) is 10.7. The molecule has 0 radical (unpaired) electrons. The number of hydrogen-bond donors (Lipinski definition) is 1. The summed E-state index contributed by atoms with van der Waals surface area (Å²) in [6.45, 7) is 17.5. The van der Waals surface area contributed by atoms with Crippen molar-refractivity contribution >= 4 is 14.3 Å². The van der Waals surface area contributed by atoms with Gasteiger partial charge in [-0.15, -0.1) is 0 Å². The number of hydrogen-bond acceptors (Lipinski definition) is 4. The van der Waals surface area contributed by atoms with Gasteiger partial charge in [0, 0.05) is 6.08 Å². The lowest BCUT2D eigenvalue weighted by atomic mass is 10.1. The summed E-state index contributed by atoms with van der Waals surface area (Å²) in [7, 11) is -1.79. The van der Waals surface area contributed by atoms with Gasteiger partial charge < -0.3 is 14.3 Å². The SMILES string of the molecule is C=C(CO[Si](C)(C)C(C)(C)C)C[C@@H](O)C/C=C/C(=O)OCC. The van der Waals surface area contributed by atoms with Crippen molar-refractivity contribution < 1.29 is 19.1 Å². The largest absolute Gasteiger partial charge is 0.463 e. The van der Waals surface area contributed by atoms with Crippen LogP contribution < -0.4 is 0 Å². The molecule has 5 heteroatoms. The van der Waals surface area contributed by atoms with Gasteiger partial charge in [-0.3, -0.25) is 0 Å². The molecule has 0 aliphatic heterocycles. The van der Waals surface area contributed by atoms with E-state index < -0.39 is 14.4 Å². The molecule has 0 heterocycles. The summed E-state index contributed by atoms with van der Waals surface area (Å²) in [5.74, 6) is -0.380. The molecular formula is C17H32O4Si. The van der Waals surface area contributed by atoms with Crippen molar-refractivity contribution in [2.24, 2.45) is 0 Å². The molecule has 0 aliphatic carbocycles. The van der Waals surface area contributed by atoms with E-state index in [9.17, 15) is 9.90 Å². The van der Waals surface area contributed by atoms with E-state index in [-0.39, 0.29) is 11.0 Å². The Hall–Kier alpha value is -0.913. The van der Waals surface area contributed by atoms with Crippen molar-refractivity contribution in [3.05, 3.63) is 24.3 Å². The van der Waals surface area contributed by atoms with Crippen LogP contribution in [0.1, 0.15) is 40.5 Å². The molecule has 0 spiro atoms. The molecule has 0 unspecified atom stereocenters. The highest BCUT2D eigenvalue weighted by Crippen LogP contribution is 2.36. The number of rotatable bonds is 9. The molecule has 0 saturated carbocycles. The maximum atomic E-state index is 11.1. The van der Waals surface area contributed by atoms with Gasteiger partial charge in [0.15, 0.2) is 8.32 Å². The van der Waals surface area contributed by atoms with E-state index in [2.05, 4.69) is 40.4 Å². The standard InChI is InChI=1S/C17H32O4Si/c1-8-20-16(19)11-9-10-15(18)12-14(2)13-21-22(6,7)17(3,4)5/h9,11,15,18H,2,8,10,12-13H2,1,3-7H3/b11-9+/t15-/m0/s1. The van der Waals surface area contributed by atoms with Gasteiger partial charge in [0.2, 0.25) is 0 Å². The number of aliphatic hydroxyl groups is 1. The number of aliphatic hydroxyl groups excluding tert-OH is 1. The maximum absolute atomic E-state index is 11.1. The van der Waals surface area contributed by atoms with Crippen molar-refractivity contribution in [3.63, 3.8) is 0 Å². The molecule has 1 atom stereocenters. The zero-order valence-electron chi connectivity index (χ0n) is 14.9. The minimum atomic E-state index is -1.79. The van der Waals surface area contributed by atoms with E-state index in [1.165, 1.54) is 6.08 Å². The lowest BCUT2D eigenvalue weighted by Gasteiger charge is -2.36. The van der Waals surface area contributed by atoms with E-state index in [0.29, 0.717) is 26.1 Å². The molecule has 0 saturated heterocycles. The fourth-order valence-electron chi connectivity index (χ4n) is 1.49. The van der Waals surface area contributed by atoms with Crippen molar-refractivity contribution in [2.75, 3.05) is 13.2 Å². The van der Waals surface area contributed by atoms with Crippen molar-refractivity contribution in [1.82, 2.24) is 0 Å². The number of esters is 1. The van der Waals surface area contributed by atoms with Crippen LogP contribution in [0.15, 0.2) is 24.3 Å². The fourth-order valence-corrected chi connectivity index (χ4v) is 2.48. The molecule has 0 bridgehead atoms. The summed E-state index contributed by atoms with van der Waals surface area (Å²) < 4.78 is 10.8. The van der Waals surface area contributed by atoms with Crippen molar-refractivity contribution in [1.29, 1.82) is 0 Å². The predicted molar refractivity (Wildman–Crippen MR) is 93.3 cm³/mol. The summed E-state index contributed by atoms with van der Waals surface area (Å²) in [5, 5.41) is 10.1. The zero-order chi connectivity index (χ0) is 17.4. The van der Waals surface area contributed by atoms with E-state index in [1.807, 2.05) is 0 Å². The van der Waals surface area contributed by atoms with Crippen LogP contribution in [-0.2, 0) is 14.0 Å². The third-order valence-electron chi connectivity index (χ3n) is 3.92. The van der Waals surface area contributed by atoms with Gasteiger partial charge in [-0.25, -0.2) is 4.79 Å². The minimum Gasteiger partial charge on any atom is -0.463 e. The molecular weight excluding hydrogens is 296 g/mol. The highest BCUT2D eigenvalue weighted by molar-refractivity contribution is 6.74. The number of carbonyl (C=O) groups excluding carboxylic acids is 1. The summed E-state index contributed by atoms with van der Waals surface area (Å²) in [5.41, 5.74) is 0.877. The molecule has 22 heavy (non-hydrogen) atoms. The topological polar surface area (TPSA) is 55.8 Å². The van der Waals surface area contributed by atoms with Crippen LogP contribution >= 0.6 is 0 Å². The second-order valence-electron chi connectivity index (χ2n) is 7.05. The first-order valence-electron chi connectivity index (χ1n) is 7.81. The monoisotopic (exact) mass is 328 g/mol. The van der Waals surface area contributed by atoms with Gasteiger partial charge in [-0.2, -0.15) is 0 Å². The third-order valence-corrected chi connectivity index (χ3v) is 8.39. The second kappa shape index (κ2) is 9.28. The van der Waals surface area contributed by atoms with Crippen LogP contribution in [0, 0.1) is 0 Å². The van der Waals surface area contributed by atoms with Crippen molar-refractivity contribution in [3.8, 4) is 0 Å². The van der Waals surface area contributed by atoms with Crippen LogP contribution in [0.5, 0.6) is 0 Å². The average Bonchev–Trinajstić information content (AvgIpc) is 2.35. The normalized spacial score (nSPS) is 14.1. The van der Waals surface area contributed by atoms with Crippen LogP contribution in [0.25, 0.3) is 0 Å². The smallest absolute Gasteiger partial charge is 0.330 e. The van der Waals surface area contributed by atoms with Gasteiger partial charge in [-0.1, -0.05) is 39.0 Å². The Morgan fingerprint density at radius 3 is 2.45 bits per heavy atom. The molecule has 1 N–H and O–H groups in total. The van der Waals surface area contributed by atoms with Gasteiger partial charge in [0.25, 0.3) is 0 Å². The molecule has 0 fully saturated rings. The first kappa shape index (κ1) is 21.1. The van der Waals surface area contributed by atoms with E-state index in [4.69, 9.17) is 9.16 Å². The maximum Gasteiger partial charge on any atom is 0.330 e. The van der Waals surface area contributed by atoms with Crippen LogP contribution in [0.4, 0.5) is 0 Å². The van der Waals surface area contributed by atoms with Gasteiger partial charge >= 0.3 is 5.97 Å². The first-order chi connectivity index (χ1) is 9.99. The number of carbonyl (C=O) groups is 1. The summed E-state index contributed by atoms with van der Waals surface area (Å²) >= 11 is 0. The molecule has 0 aliphatic rings. The van der Waals surface area contributed by atoms with Crippen LogP contribution in [0.3, 0.4) is 0 Å². The molecule has 0 aromatic rings. The van der Waals surface area contributed by atoms with Gasteiger partial charge in [0.05, 0.1) is 19.3 Å². The Morgan fingerprint density at radius 1 is 1.36 bits per heavy atom. The minimum absolute atomic E-state index is 0.161. The van der Waals surface area contributed by atoms with Crippen LogP contribution in [0.2, 0.25) is 18.1 Å². The highest BCUT2D eigenvalue weighted by atomic mass is 28.4. The average molecular weight is 329 g/mol. The van der Waals surface area contributed by atoms with Gasteiger partial charge in [0.1, 0.15) is 0 Å². The summed E-state index contributed by atoms with van der Waals surface area (Å²) in [6, 6.07) is 0. The molecule has 128 valence electrons. The van der Waals surface area contributed by atoms with Gasteiger partial charge in [-0.05, 0) is 37.9 Å². The Bertz CT molecular complexity index is 394. The Morgan fingerprint density at radius 2 is 1.95 bits per heavy atom. The second-order valence-corrected chi connectivity index (χ2v) is 11.9. The third kappa shape index (κ3) is 8.51. The quantitative estimate of drug-likeness (QED) is 0.302.